The Labute approximate surface area is 118 Å². The van der Waals surface area contributed by atoms with E-state index in [2.05, 4.69) is 15.0 Å². The molecular formula is C13H16N4O2S. The SMILES string of the molecule is O=S(=O)([N-]c1cccc2cccnc12)N1CC[NH2+]CC1. The van der Waals surface area contributed by atoms with Crippen LogP contribution in [0.2, 0.25) is 0 Å². The number of nitrogens with zero attached hydrogens (tertiary/aromatic N) is 3. The molecule has 0 saturated carbocycles. The van der Waals surface area contributed by atoms with Crippen LogP contribution < -0.4 is 5.32 Å². The molecule has 0 atom stereocenters. The van der Waals surface area contributed by atoms with Gasteiger partial charge in [0.2, 0.25) is 0 Å². The van der Waals surface area contributed by atoms with Gasteiger partial charge in [-0.05, 0) is 11.5 Å². The van der Waals surface area contributed by atoms with Crippen molar-refractivity contribution >= 4 is 26.8 Å². The zero-order valence-corrected chi connectivity index (χ0v) is 11.8. The lowest BCUT2D eigenvalue weighted by molar-refractivity contribution is -0.661. The van der Waals surface area contributed by atoms with Crippen molar-refractivity contribution in [1.82, 2.24) is 9.29 Å². The van der Waals surface area contributed by atoms with E-state index >= 15 is 0 Å². The second-order valence-electron chi connectivity index (χ2n) is 4.69. The van der Waals surface area contributed by atoms with Gasteiger partial charge < -0.3 is 10.0 Å². The molecule has 3 rings (SSSR count). The van der Waals surface area contributed by atoms with Crippen molar-refractivity contribution in [3.05, 3.63) is 41.3 Å². The number of hydrogen-bond donors (Lipinski definition) is 1. The third-order valence-electron chi connectivity index (χ3n) is 3.32. The van der Waals surface area contributed by atoms with Crippen molar-refractivity contribution in [2.75, 3.05) is 26.2 Å². The molecule has 1 saturated heterocycles. The van der Waals surface area contributed by atoms with Crippen LogP contribution in [0.5, 0.6) is 0 Å². The fourth-order valence-corrected chi connectivity index (χ4v) is 3.48. The Morgan fingerprint density at radius 3 is 2.70 bits per heavy atom. The minimum Gasteiger partial charge on any atom is -0.562 e. The van der Waals surface area contributed by atoms with E-state index in [4.69, 9.17) is 0 Å². The molecule has 1 aromatic carbocycles. The zero-order valence-electron chi connectivity index (χ0n) is 10.9. The van der Waals surface area contributed by atoms with Gasteiger partial charge in [-0.15, -0.1) is 5.69 Å². The third kappa shape index (κ3) is 2.60. The first-order chi connectivity index (χ1) is 9.67. The predicted octanol–water partition coefficient (Wildman–Crippen LogP) is 0.364. The third-order valence-corrected chi connectivity index (χ3v) is 4.76. The molecule has 2 aromatic rings. The highest BCUT2D eigenvalue weighted by molar-refractivity contribution is 7.92. The van der Waals surface area contributed by atoms with Crippen LogP contribution in [0.25, 0.3) is 15.6 Å². The largest absolute Gasteiger partial charge is 0.562 e. The number of para-hydroxylation sites is 1. The molecule has 6 nitrogen and oxygen atoms in total. The standard InChI is InChI=1S/C13H15N4O2S/c18-20(19,17-9-7-14-8-10-17)16-12-5-1-3-11-4-2-6-15-13(11)12/h1-6,14H,7-10H2/q-1/p+1. The van der Waals surface area contributed by atoms with E-state index in [9.17, 15) is 8.42 Å². The Morgan fingerprint density at radius 2 is 1.90 bits per heavy atom. The molecule has 0 bridgehead atoms. The first-order valence-electron chi connectivity index (χ1n) is 6.55. The molecular weight excluding hydrogens is 276 g/mol. The smallest absolute Gasteiger partial charge is 0.160 e. The number of pyridine rings is 1. The monoisotopic (exact) mass is 292 g/mol. The molecule has 7 heteroatoms. The Kier molecular flexibility index (Phi) is 3.56. The molecule has 0 aliphatic carbocycles. The minimum absolute atomic E-state index is 0.401. The molecule has 1 fully saturated rings. The van der Waals surface area contributed by atoms with Gasteiger partial charge in [0.05, 0.1) is 31.7 Å². The molecule has 1 aromatic heterocycles. The summed E-state index contributed by atoms with van der Waals surface area (Å²) in [6, 6.07) is 9.08. The van der Waals surface area contributed by atoms with E-state index in [1.807, 2.05) is 18.2 Å². The van der Waals surface area contributed by atoms with Gasteiger partial charge in [-0.25, -0.2) is 12.7 Å². The summed E-state index contributed by atoms with van der Waals surface area (Å²) < 4.78 is 30.0. The van der Waals surface area contributed by atoms with Crippen molar-refractivity contribution in [2.24, 2.45) is 0 Å². The molecule has 2 N–H and O–H groups in total. The fourth-order valence-electron chi connectivity index (χ4n) is 2.30. The number of fused-ring (bicyclic) bond motifs is 1. The first kappa shape index (κ1) is 13.3. The van der Waals surface area contributed by atoms with Gasteiger partial charge in [-0.1, -0.05) is 24.3 Å². The first-order valence-corrected chi connectivity index (χ1v) is 7.95. The van der Waals surface area contributed by atoms with E-state index in [0.717, 1.165) is 18.5 Å². The molecule has 106 valence electrons. The van der Waals surface area contributed by atoms with Crippen molar-refractivity contribution in [3.8, 4) is 0 Å². The second kappa shape index (κ2) is 5.35. The number of quaternary nitrogens is 1. The minimum atomic E-state index is -3.63. The number of hydrogen-bond acceptors (Lipinski definition) is 3. The van der Waals surface area contributed by atoms with E-state index < -0.39 is 10.2 Å². The van der Waals surface area contributed by atoms with Crippen LogP contribution in [0.3, 0.4) is 0 Å². The number of piperazine rings is 1. The molecule has 0 spiro atoms. The highest BCUT2D eigenvalue weighted by Gasteiger charge is 2.19. The van der Waals surface area contributed by atoms with E-state index in [0.29, 0.717) is 24.3 Å². The maximum Gasteiger partial charge on any atom is 0.160 e. The fraction of sp³-hybridized carbons (Fsp3) is 0.308. The molecule has 20 heavy (non-hydrogen) atoms. The van der Waals surface area contributed by atoms with Crippen molar-refractivity contribution in [3.63, 3.8) is 0 Å². The Bertz CT molecular complexity index is 706. The molecule has 0 radical (unpaired) electrons. The van der Waals surface area contributed by atoms with Gasteiger partial charge in [0.1, 0.15) is 0 Å². The zero-order chi connectivity index (χ0) is 14.0. The maximum atomic E-state index is 12.3. The summed E-state index contributed by atoms with van der Waals surface area (Å²) in [4.78, 5) is 4.23. The average Bonchev–Trinajstić information content (AvgIpc) is 2.48. The molecule has 1 aliphatic rings. The lowest BCUT2D eigenvalue weighted by Crippen LogP contribution is -2.89. The summed E-state index contributed by atoms with van der Waals surface area (Å²) in [5.41, 5.74) is 1.01. The van der Waals surface area contributed by atoms with Crippen LogP contribution in [0, 0.1) is 0 Å². The van der Waals surface area contributed by atoms with Crippen LogP contribution in [-0.2, 0) is 10.2 Å². The maximum absolute atomic E-state index is 12.3. The van der Waals surface area contributed by atoms with Gasteiger partial charge in [-0.2, -0.15) is 0 Å². The lowest BCUT2D eigenvalue weighted by Gasteiger charge is -2.33. The quantitative estimate of drug-likeness (QED) is 0.887. The summed E-state index contributed by atoms with van der Waals surface area (Å²) in [6.45, 7) is 2.57. The number of nitrogens with two attached hydrogens (primary N) is 1. The summed E-state index contributed by atoms with van der Waals surface area (Å²) in [6.07, 6.45) is 1.64. The van der Waals surface area contributed by atoms with Crippen molar-refractivity contribution in [1.29, 1.82) is 0 Å². The van der Waals surface area contributed by atoms with Gasteiger partial charge in [-0.3, -0.25) is 4.98 Å². The van der Waals surface area contributed by atoms with Gasteiger partial charge in [0.15, 0.2) is 10.2 Å². The average molecular weight is 292 g/mol. The van der Waals surface area contributed by atoms with Crippen molar-refractivity contribution in [2.45, 2.75) is 0 Å². The van der Waals surface area contributed by atoms with Gasteiger partial charge in [0.25, 0.3) is 0 Å². The van der Waals surface area contributed by atoms with Crippen LogP contribution in [0.4, 0.5) is 5.69 Å². The predicted molar refractivity (Wildman–Crippen MR) is 76.9 cm³/mol. The topological polar surface area (TPSA) is 81.0 Å². The van der Waals surface area contributed by atoms with Gasteiger partial charge >= 0.3 is 0 Å². The van der Waals surface area contributed by atoms with Crippen molar-refractivity contribution < 1.29 is 13.7 Å². The Hall–Kier alpha value is -1.70. The highest BCUT2D eigenvalue weighted by Crippen LogP contribution is 2.31. The summed E-state index contributed by atoms with van der Waals surface area (Å²) in [7, 11) is -3.63. The molecule has 1 aliphatic heterocycles. The van der Waals surface area contributed by atoms with Crippen LogP contribution in [0.1, 0.15) is 0 Å². The normalized spacial score (nSPS) is 17.2. The summed E-state index contributed by atoms with van der Waals surface area (Å²) in [5, 5.41) is 2.99. The van der Waals surface area contributed by atoms with E-state index in [-0.39, 0.29) is 0 Å². The number of aromatic nitrogens is 1. The Morgan fingerprint density at radius 1 is 1.15 bits per heavy atom. The highest BCUT2D eigenvalue weighted by atomic mass is 32.2. The number of benzene rings is 1. The summed E-state index contributed by atoms with van der Waals surface area (Å²) >= 11 is 0. The van der Waals surface area contributed by atoms with E-state index in [1.165, 1.54) is 4.31 Å². The Balaban J connectivity index is 1.92. The second-order valence-corrected chi connectivity index (χ2v) is 6.28. The molecule has 0 unspecified atom stereocenters. The van der Waals surface area contributed by atoms with Crippen LogP contribution in [0.15, 0.2) is 36.5 Å². The molecule has 0 amide bonds. The van der Waals surface area contributed by atoms with Gasteiger partial charge in [0, 0.05) is 6.20 Å². The number of rotatable bonds is 3. The molecule has 2 heterocycles. The van der Waals surface area contributed by atoms with Crippen LogP contribution >= 0.6 is 0 Å². The van der Waals surface area contributed by atoms with Crippen LogP contribution in [-0.4, -0.2) is 43.9 Å². The summed E-state index contributed by atoms with van der Waals surface area (Å²) in [5.74, 6) is 0. The lowest BCUT2D eigenvalue weighted by atomic mass is 10.2. The van der Waals surface area contributed by atoms with E-state index in [1.54, 1.807) is 18.3 Å².